The summed E-state index contributed by atoms with van der Waals surface area (Å²) >= 11 is 1.03. The highest BCUT2D eigenvalue weighted by Crippen LogP contribution is 2.33. The van der Waals surface area contributed by atoms with Crippen LogP contribution in [0.5, 0.6) is 0 Å². The summed E-state index contributed by atoms with van der Waals surface area (Å²) in [7, 11) is 0. The molecule has 1 aromatic rings. The highest BCUT2D eigenvalue weighted by Gasteiger charge is 2.36. The van der Waals surface area contributed by atoms with Crippen LogP contribution >= 0.6 is 11.8 Å². The number of hydrogen-bond donors (Lipinski definition) is 0. The summed E-state index contributed by atoms with van der Waals surface area (Å²) in [6.07, 6.45) is 5.64. The van der Waals surface area contributed by atoms with E-state index in [1.54, 1.807) is 0 Å². The van der Waals surface area contributed by atoms with Crippen LogP contribution in [-0.4, -0.2) is 35.2 Å². The van der Waals surface area contributed by atoms with Crippen molar-refractivity contribution < 1.29 is 9.59 Å². The predicted octanol–water partition coefficient (Wildman–Crippen LogP) is 4.12. The summed E-state index contributed by atoms with van der Waals surface area (Å²) in [6, 6.07) is 8.14. The number of imide groups is 1. The van der Waals surface area contributed by atoms with Crippen molar-refractivity contribution in [3.8, 4) is 0 Å². The van der Waals surface area contributed by atoms with E-state index in [9.17, 15) is 9.59 Å². The fraction of sp³-hybridized carbons (Fsp3) is 0.444. The number of thioether (sulfide) groups is 1. The van der Waals surface area contributed by atoms with Gasteiger partial charge in [0.2, 0.25) is 0 Å². The van der Waals surface area contributed by atoms with Crippen molar-refractivity contribution in [2.75, 3.05) is 18.0 Å². The molecule has 4 nitrogen and oxygen atoms in total. The highest BCUT2D eigenvalue weighted by molar-refractivity contribution is 8.18. The maximum absolute atomic E-state index is 12.3. The first kappa shape index (κ1) is 16.1. The summed E-state index contributed by atoms with van der Waals surface area (Å²) in [5, 5.41) is -0.179. The lowest BCUT2D eigenvalue weighted by Crippen LogP contribution is -2.34. The molecule has 2 heterocycles. The van der Waals surface area contributed by atoms with Crippen LogP contribution in [0.4, 0.5) is 10.5 Å². The molecule has 2 fully saturated rings. The van der Waals surface area contributed by atoms with Gasteiger partial charge in [-0.15, -0.1) is 0 Å². The second-order valence-corrected chi connectivity index (χ2v) is 7.28. The van der Waals surface area contributed by atoms with Crippen LogP contribution < -0.4 is 4.90 Å². The van der Waals surface area contributed by atoms with E-state index in [4.69, 9.17) is 0 Å². The molecule has 5 heteroatoms. The first-order valence-corrected chi connectivity index (χ1v) is 9.00. The van der Waals surface area contributed by atoms with Gasteiger partial charge in [-0.1, -0.05) is 12.1 Å². The standard InChI is InChI=1S/C18H22N2O2S/c1-13(2)20-17(21)16(23-18(20)22)12-14-6-8-15(9-7-14)19-10-4-3-5-11-19/h6-9,12-13H,3-5,10-11H2,1-2H3/b16-12-. The summed E-state index contributed by atoms with van der Waals surface area (Å²) in [5.74, 6) is -0.185. The second kappa shape index (κ2) is 6.79. The lowest BCUT2D eigenvalue weighted by molar-refractivity contribution is -0.123. The molecule has 0 aliphatic carbocycles. The van der Waals surface area contributed by atoms with Gasteiger partial charge in [-0.3, -0.25) is 14.5 Å². The van der Waals surface area contributed by atoms with Crippen molar-refractivity contribution in [1.82, 2.24) is 4.90 Å². The molecule has 3 rings (SSSR count). The smallest absolute Gasteiger partial charge is 0.293 e. The molecule has 0 bridgehead atoms. The number of rotatable bonds is 3. The second-order valence-electron chi connectivity index (χ2n) is 6.28. The van der Waals surface area contributed by atoms with Crippen molar-refractivity contribution in [1.29, 1.82) is 0 Å². The van der Waals surface area contributed by atoms with Crippen molar-refractivity contribution in [2.24, 2.45) is 0 Å². The van der Waals surface area contributed by atoms with E-state index in [2.05, 4.69) is 17.0 Å². The summed E-state index contributed by atoms with van der Waals surface area (Å²) in [5.41, 5.74) is 2.19. The minimum Gasteiger partial charge on any atom is -0.372 e. The zero-order chi connectivity index (χ0) is 16.4. The normalized spacial score (nSPS) is 20.9. The number of piperidine rings is 1. The minimum absolute atomic E-state index is 0.102. The Balaban J connectivity index is 1.75. The van der Waals surface area contributed by atoms with Crippen molar-refractivity contribution in [3.05, 3.63) is 34.7 Å². The molecule has 0 radical (unpaired) electrons. The van der Waals surface area contributed by atoms with Crippen molar-refractivity contribution in [2.45, 2.75) is 39.2 Å². The number of amides is 2. The molecule has 0 atom stereocenters. The average molecular weight is 330 g/mol. The van der Waals surface area contributed by atoms with E-state index in [1.165, 1.54) is 29.8 Å². The number of anilines is 1. The van der Waals surface area contributed by atoms with Gasteiger partial charge in [-0.25, -0.2) is 0 Å². The molecule has 0 N–H and O–H groups in total. The molecule has 23 heavy (non-hydrogen) atoms. The fourth-order valence-electron chi connectivity index (χ4n) is 3.01. The van der Waals surface area contributed by atoms with Gasteiger partial charge in [0.25, 0.3) is 11.1 Å². The van der Waals surface area contributed by atoms with Gasteiger partial charge < -0.3 is 4.90 Å². The first-order valence-electron chi connectivity index (χ1n) is 8.18. The van der Waals surface area contributed by atoms with Crippen LogP contribution in [-0.2, 0) is 4.79 Å². The quantitative estimate of drug-likeness (QED) is 0.782. The van der Waals surface area contributed by atoms with E-state index in [1.807, 2.05) is 32.1 Å². The molecule has 2 aliphatic rings. The predicted molar refractivity (Wildman–Crippen MR) is 95.5 cm³/mol. The van der Waals surface area contributed by atoms with Crippen LogP contribution in [0.3, 0.4) is 0 Å². The monoisotopic (exact) mass is 330 g/mol. The Labute approximate surface area is 141 Å². The highest BCUT2D eigenvalue weighted by atomic mass is 32.2. The Kier molecular flexibility index (Phi) is 4.76. The third-order valence-corrected chi connectivity index (χ3v) is 5.14. The Bertz CT molecular complexity index is 631. The number of carbonyl (C=O) groups is 2. The molecule has 0 saturated carbocycles. The molecule has 2 aliphatic heterocycles. The lowest BCUT2D eigenvalue weighted by Gasteiger charge is -2.28. The van der Waals surface area contributed by atoms with Crippen molar-refractivity contribution >= 4 is 34.7 Å². The molecule has 2 saturated heterocycles. The number of nitrogens with zero attached hydrogens (tertiary/aromatic N) is 2. The zero-order valence-electron chi connectivity index (χ0n) is 13.6. The zero-order valence-corrected chi connectivity index (χ0v) is 14.4. The molecular weight excluding hydrogens is 308 g/mol. The maximum atomic E-state index is 12.3. The van der Waals surface area contributed by atoms with Crippen molar-refractivity contribution in [3.63, 3.8) is 0 Å². The average Bonchev–Trinajstić information content (AvgIpc) is 2.83. The van der Waals surface area contributed by atoms with E-state index in [0.717, 1.165) is 30.4 Å². The summed E-state index contributed by atoms with van der Waals surface area (Å²) < 4.78 is 0. The topological polar surface area (TPSA) is 40.6 Å². The molecular formula is C18H22N2O2S. The lowest BCUT2D eigenvalue weighted by atomic mass is 10.1. The van der Waals surface area contributed by atoms with Gasteiger partial charge in [0.15, 0.2) is 0 Å². The molecule has 1 aromatic carbocycles. The molecule has 0 unspecified atom stereocenters. The van der Waals surface area contributed by atoms with E-state index >= 15 is 0 Å². The van der Waals surface area contributed by atoms with Crippen LogP contribution in [0.15, 0.2) is 29.2 Å². The van der Waals surface area contributed by atoms with Crippen LogP contribution in [0.2, 0.25) is 0 Å². The third-order valence-electron chi connectivity index (χ3n) is 4.25. The molecule has 2 amide bonds. The summed E-state index contributed by atoms with van der Waals surface area (Å²) in [6.45, 7) is 5.94. The van der Waals surface area contributed by atoms with Gasteiger partial charge in [-0.05, 0) is 68.6 Å². The SMILES string of the molecule is CC(C)N1C(=O)S/C(=C\c2ccc(N3CCCCC3)cc2)C1=O. The fourth-order valence-corrected chi connectivity index (χ4v) is 3.97. The molecule has 122 valence electrons. The Hall–Kier alpha value is -1.75. The molecule has 0 aromatic heterocycles. The minimum atomic E-state index is -0.185. The van der Waals surface area contributed by atoms with E-state index in [0.29, 0.717) is 4.91 Å². The van der Waals surface area contributed by atoms with Gasteiger partial charge in [0, 0.05) is 24.8 Å². The first-order chi connectivity index (χ1) is 11.1. The van der Waals surface area contributed by atoms with Gasteiger partial charge in [-0.2, -0.15) is 0 Å². The maximum Gasteiger partial charge on any atom is 0.293 e. The van der Waals surface area contributed by atoms with Gasteiger partial charge >= 0.3 is 0 Å². The van der Waals surface area contributed by atoms with E-state index in [-0.39, 0.29) is 17.2 Å². The number of hydrogen-bond acceptors (Lipinski definition) is 4. The largest absolute Gasteiger partial charge is 0.372 e. The Morgan fingerprint density at radius 2 is 1.70 bits per heavy atom. The number of benzene rings is 1. The Morgan fingerprint density at radius 1 is 1.04 bits per heavy atom. The third kappa shape index (κ3) is 3.44. The Morgan fingerprint density at radius 3 is 2.26 bits per heavy atom. The van der Waals surface area contributed by atoms with Crippen LogP contribution in [0.25, 0.3) is 6.08 Å². The molecule has 0 spiro atoms. The number of carbonyl (C=O) groups excluding carboxylic acids is 2. The van der Waals surface area contributed by atoms with Gasteiger partial charge in [0.05, 0.1) is 4.91 Å². The van der Waals surface area contributed by atoms with Crippen LogP contribution in [0, 0.1) is 0 Å². The van der Waals surface area contributed by atoms with E-state index < -0.39 is 0 Å². The summed E-state index contributed by atoms with van der Waals surface area (Å²) in [4.78, 5) is 28.4. The van der Waals surface area contributed by atoms with Crippen LogP contribution in [0.1, 0.15) is 38.7 Å². The van der Waals surface area contributed by atoms with Gasteiger partial charge in [0.1, 0.15) is 0 Å².